The average molecular weight is 393 g/mol. The minimum absolute atomic E-state index is 0.230. The van der Waals surface area contributed by atoms with Crippen molar-refractivity contribution in [3.05, 3.63) is 53.0 Å². The maximum absolute atomic E-state index is 6.22. The molecule has 3 heterocycles. The number of rotatable bonds is 6. The van der Waals surface area contributed by atoms with Crippen LogP contribution in [0.3, 0.4) is 0 Å². The van der Waals surface area contributed by atoms with Crippen molar-refractivity contribution >= 4 is 11.2 Å². The molecule has 2 unspecified atom stereocenters. The number of nitrogens with one attached hydrogen (secondary N) is 1. The number of hydrogen-bond donors (Lipinski definition) is 1. The molecular weight excluding hydrogens is 360 g/mol. The predicted molar refractivity (Wildman–Crippen MR) is 118 cm³/mol. The molecule has 4 rings (SSSR count). The number of piperidine rings is 1. The van der Waals surface area contributed by atoms with Crippen molar-refractivity contribution in [2.45, 2.75) is 59.6 Å². The van der Waals surface area contributed by atoms with E-state index in [9.17, 15) is 0 Å². The fourth-order valence-corrected chi connectivity index (χ4v) is 4.33. The summed E-state index contributed by atoms with van der Waals surface area (Å²) in [6.07, 6.45) is 3.60. The lowest BCUT2D eigenvalue weighted by Gasteiger charge is -2.28. The molecule has 1 aromatic carbocycles. The molecule has 1 N–H and O–H groups in total. The zero-order chi connectivity index (χ0) is 20.4. The monoisotopic (exact) mass is 392 g/mol. The maximum atomic E-state index is 6.22. The van der Waals surface area contributed by atoms with Crippen LogP contribution in [0.15, 0.2) is 30.3 Å². The molecule has 5 heteroatoms. The van der Waals surface area contributed by atoms with E-state index in [1.807, 2.05) is 6.92 Å². The van der Waals surface area contributed by atoms with Gasteiger partial charge >= 0.3 is 0 Å². The van der Waals surface area contributed by atoms with Gasteiger partial charge in [0.2, 0.25) is 0 Å². The highest BCUT2D eigenvalue weighted by Crippen LogP contribution is 2.23. The molecule has 0 amide bonds. The Labute approximate surface area is 173 Å². The Hall–Kier alpha value is -2.40. The molecule has 1 saturated heterocycles. The Morgan fingerprint density at radius 1 is 1.21 bits per heavy atom. The molecule has 0 saturated carbocycles. The third-order valence-electron chi connectivity index (χ3n) is 6.00. The van der Waals surface area contributed by atoms with Crippen molar-refractivity contribution in [2.24, 2.45) is 5.92 Å². The highest BCUT2D eigenvalue weighted by Gasteiger charge is 2.21. The van der Waals surface area contributed by atoms with Gasteiger partial charge in [0.15, 0.2) is 5.65 Å². The standard InChI is InChI=1S/C24H32N4O/c1-5-22-27-23-16(2)13-17(3)26-24(23)28(22)15-19-8-10-21(11-9-19)29-18(4)20-7-6-12-25-14-20/h8-11,13,18,20,25H,5-7,12,14-15H2,1-4H3. The number of ether oxygens (including phenoxy) is 1. The van der Waals surface area contributed by atoms with Gasteiger partial charge in [-0.25, -0.2) is 9.97 Å². The number of nitrogens with zero attached hydrogens (tertiary/aromatic N) is 3. The van der Waals surface area contributed by atoms with Crippen LogP contribution in [0.1, 0.15) is 49.3 Å². The number of aryl methyl sites for hydroxylation is 3. The van der Waals surface area contributed by atoms with Crippen LogP contribution in [0.2, 0.25) is 0 Å². The van der Waals surface area contributed by atoms with Crippen LogP contribution in [0, 0.1) is 19.8 Å². The molecule has 1 fully saturated rings. The van der Waals surface area contributed by atoms with E-state index in [4.69, 9.17) is 14.7 Å². The molecule has 5 nitrogen and oxygen atoms in total. The molecule has 0 bridgehead atoms. The van der Waals surface area contributed by atoms with Crippen molar-refractivity contribution in [3.8, 4) is 5.75 Å². The molecule has 1 aliphatic rings. The summed E-state index contributed by atoms with van der Waals surface area (Å²) < 4.78 is 8.47. The summed E-state index contributed by atoms with van der Waals surface area (Å²) in [6, 6.07) is 10.6. The maximum Gasteiger partial charge on any atom is 0.160 e. The lowest BCUT2D eigenvalue weighted by atomic mass is 9.94. The lowest BCUT2D eigenvalue weighted by molar-refractivity contribution is 0.131. The molecule has 0 radical (unpaired) electrons. The van der Waals surface area contributed by atoms with Gasteiger partial charge in [0, 0.05) is 24.6 Å². The van der Waals surface area contributed by atoms with Gasteiger partial charge in [0.05, 0.1) is 12.6 Å². The number of pyridine rings is 1. The van der Waals surface area contributed by atoms with Crippen molar-refractivity contribution in [3.63, 3.8) is 0 Å². The van der Waals surface area contributed by atoms with Crippen LogP contribution < -0.4 is 10.1 Å². The summed E-state index contributed by atoms with van der Waals surface area (Å²) in [5.41, 5.74) is 5.46. The molecule has 2 aromatic heterocycles. The highest BCUT2D eigenvalue weighted by atomic mass is 16.5. The first-order valence-electron chi connectivity index (χ1n) is 10.8. The number of aromatic nitrogens is 3. The van der Waals surface area contributed by atoms with Gasteiger partial charge in [0.25, 0.3) is 0 Å². The van der Waals surface area contributed by atoms with Gasteiger partial charge in [-0.1, -0.05) is 19.1 Å². The third kappa shape index (κ3) is 4.30. The summed E-state index contributed by atoms with van der Waals surface area (Å²) in [5.74, 6) is 2.62. The SMILES string of the molecule is CCc1nc2c(C)cc(C)nc2n1Cc1ccc(OC(C)C2CCCNC2)cc1. The molecule has 2 atom stereocenters. The van der Waals surface area contributed by atoms with Gasteiger partial charge < -0.3 is 14.6 Å². The van der Waals surface area contributed by atoms with Gasteiger partial charge in [-0.15, -0.1) is 0 Å². The Bertz CT molecular complexity index is 971. The Morgan fingerprint density at radius 3 is 2.69 bits per heavy atom. The zero-order valence-electron chi connectivity index (χ0n) is 18.0. The van der Waals surface area contributed by atoms with Crippen molar-refractivity contribution in [2.75, 3.05) is 13.1 Å². The van der Waals surface area contributed by atoms with Crippen LogP contribution >= 0.6 is 0 Å². The summed E-state index contributed by atoms with van der Waals surface area (Å²) in [6.45, 7) is 11.5. The summed E-state index contributed by atoms with van der Waals surface area (Å²) in [7, 11) is 0. The molecule has 29 heavy (non-hydrogen) atoms. The largest absolute Gasteiger partial charge is 0.490 e. The number of imidazole rings is 1. The summed E-state index contributed by atoms with van der Waals surface area (Å²) in [4.78, 5) is 9.63. The van der Waals surface area contributed by atoms with Gasteiger partial charge in [-0.3, -0.25) is 0 Å². The van der Waals surface area contributed by atoms with Crippen LogP contribution in [0.5, 0.6) is 5.75 Å². The second kappa shape index (κ2) is 8.54. The predicted octanol–water partition coefficient (Wildman–Crippen LogP) is 4.43. The van der Waals surface area contributed by atoms with Crippen LogP contribution in [-0.4, -0.2) is 33.7 Å². The van der Waals surface area contributed by atoms with E-state index < -0.39 is 0 Å². The van der Waals surface area contributed by atoms with E-state index >= 15 is 0 Å². The molecular formula is C24H32N4O. The minimum Gasteiger partial charge on any atom is -0.490 e. The fraction of sp³-hybridized carbons (Fsp3) is 0.500. The first-order valence-corrected chi connectivity index (χ1v) is 10.8. The van der Waals surface area contributed by atoms with Crippen LogP contribution in [0.25, 0.3) is 11.2 Å². The second-order valence-corrected chi connectivity index (χ2v) is 8.29. The van der Waals surface area contributed by atoms with E-state index in [1.165, 1.54) is 24.0 Å². The van der Waals surface area contributed by atoms with Gasteiger partial charge in [0.1, 0.15) is 17.1 Å². The quantitative estimate of drug-likeness (QED) is 0.674. The number of benzene rings is 1. The molecule has 0 aliphatic carbocycles. The van der Waals surface area contributed by atoms with Gasteiger partial charge in [-0.2, -0.15) is 0 Å². The second-order valence-electron chi connectivity index (χ2n) is 8.29. The van der Waals surface area contributed by atoms with Gasteiger partial charge in [-0.05, 0) is 69.5 Å². The Balaban J connectivity index is 1.51. The first kappa shape index (κ1) is 19.9. The van der Waals surface area contributed by atoms with Crippen molar-refractivity contribution in [1.82, 2.24) is 19.9 Å². The van der Waals surface area contributed by atoms with E-state index in [-0.39, 0.29) is 6.10 Å². The van der Waals surface area contributed by atoms with Crippen LogP contribution in [0.4, 0.5) is 0 Å². The normalized spacial score (nSPS) is 18.1. The Morgan fingerprint density at radius 2 is 2.00 bits per heavy atom. The third-order valence-corrected chi connectivity index (χ3v) is 6.00. The topological polar surface area (TPSA) is 52.0 Å². The molecule has 0 spiro atoms. The Kier molecular flexibility index (Phi) is 5.86. The fourth-order valence-electron chi connectivity index (χ4n) is 4.33. The lowest BCUT2D eigenvalue weighted by Crippen LogP contribution is -2.37. The summed E-state index contributed by atoms with van der Waals surface area (Å²) >= 11 is 0. The van der Waals surface area contributed by atoms with Crippen LogP contribution in [-0.2, 0) is 13.0 Å². The van der Waals surface area contributed by atoms with E-state index in [0.717, 1.165) is 54.5 Å². The van der Waals surface area contributed by atoms with E-state index in [1.54, 1.807) is 0 Å². The summed E-state index contributed by atoms with van der Waals surface area (Å²) in [5, 5.41) is 3.47. The first-order chi connectivity index (χ1) is 14.0. The number of fused-ring (bicyclic) bond motifs is 1. The zero-order valence-corrected chi connectivity index (χ0v) is 18.0. The minimum atomic E-state index is 0.230. The molecule has 1 aliphatic heterocycles. The molecule has 3 aromatic rings. The van der Waals surface area contributed by atoms with Crippen molar-refractivity contribution in [1.29, 1.82) is 0 Å². The number of hydrogen-bond acceptors (Lipinski definition) is 4. The van der Waals surface area contributed by atoms with E-state index in [0.29, 0.717) is 5.92 Å². The highest BCUT2D eigenvalue weighted by molar-refractivity contribution is 5.76. The van der Waals surface area contributed by atoms with E-state index in [2.05, 4.69) is 61.0 Å². The smallest absolute Gasteiger partial charge is 0.160 e. The molecule has 154 valence electrons. The van der Waals surface area contributed by atoms with Crippen molar-refractivity contribution < 1.29 is 4.74 Å². The average Bonchev–Trinajstić information content (AvgIpc) is 3.08.